The van der Waals surface area contributed by atoms with Gasteiger partial charge >= 0.3 is 0 Å². The van der Waals surface area contributed by atoms with Gasteiger partial charge < -0.3 is 15.3 Å². The van der Waals surface area contributed by atoms with Gasteiger partial charge in [0, 0.05) is 0 Å². The molecule has 68 valence electrons. The lowest BCUT2D eigenvalue weighted by atomic mass is 9.85. The molecule has 0 spiro atoms. The Bertz CT molecular complexity index is 208. The third kappa shape index (κ3) is 1.51. The van der Waals surface area contributed by atoms with E-state index in [9.17, 15) is 0 Å². The van der Waals surface area contributed by atoms with Gasteiger partial charge in [0.2, 0.25) is 0 Å². The number of hydrogen-bond donors (Lipinski definition) is 3. The highest BCUT2D eigenvalue weighted by molar-refractivity contribution is 7.08. The average Bonchev–Trinajstić information content (AvgIpc) is 2.62. The van der Waals surface area contributed by atoms with Crippen molar-refractivity contribution in [3.63, 3.8) is 0 Å². The van der Waals surface area contributed by atoms with Crippen molar-refractivity contribution in [3.8, 4) is 0 Å². The van der Waals surface area contributed by atoms with Crippen molar-refractivity contribution in [2.45, 2.75) is 5.41 Å². The SMILES string of the molecule is OCC(CO)(CO)c1ccsc1. The molecule has 0 aliphatic rings. The zero-order valence-electron chi connectivity index (χ0n) is 6.60. The molecule has 1 rings (SSSR count). The van der Waals surface area contributed by atoms with Gasteiger partial charge in [0.25, 0.3) is 0 Å². The Kier molecular flexibility index (Phi) is 3.22. The Balaban J connectivity index is 2.93. The summed E-state index contributed by atoms with van der Waals surface area (Å²) in [4.78, 5) is 0. The second kappa shape index (κ2) is 4.00. The van der Waals surface area contributed by atoms with Crippen molar-refractivity contribution >= 4 is 11.3 Å². The fraction of sp³-hybridized carbons (Fsp3) is 0.500. The van der Waals surface area contributed by atoms with Gasteiger partial charge in [0.05, 0.1) is 25.2 Å². The highest BCUT2D eigenvalue weighted by Gasteiger charge is 2.30. The molecule has 0 saturated carbocycles. The minimum Gasteiger partial charge on any atom is -0.395 e. The number of hydrogen-bond acceptors (Lipinski definition) is 4. The van der Waals surface area contributed by atoms with Crippen molar-refractivity contribution in [1.29, 1.82) is 0 Å². The van der Waals surface area contributed by atoms with E-state index in [0.717, 1.165) is 5.56 Å². The molecule has 3 N–H and O–H groups in total. The van der Waals surface area contributed by atoms with E-state index in [1.807, 2.05) is 10.8 Å². The van der Waals surface area contributed by atoms with Gasteiger partial charge in [-0.25, -0.2) is 0 Å². The summed E-state index contributed by atoms with van der Waals surface area (Å²) in [6, 6.07) is 1.80. The summed E-state index contributed by atoms with van der Waals surface area (Å²) in [6.45, 7) is -0.718. The molecule has 1 aromatic rings. The van der Waals surface area contributed by atoms with Gasteiger partial charge in [-0.05, 0) is 22.4 Å². The minimum absolute atomic E-state index is 0.239. The molecular weight excluding hydrogens is 176 g/mol. The summed E-state index contributed by atoms with van der Waals surface area (Å²) in [5.41, 5.74) is -0.0833. The van der Waals surface area contributed by atoms with Crippen molar-refractivity contribution in [1.82, 2.24) is 0 Å². The largest absolute Gasteiger partial charge is 0.395 e. The van der Waals surface area contributed by atoms with Gasteiger partial charge in [0.1, 0.15) is 0 Å². The molecule has 0 saturated heterocycles. The molecule has 0 aliphatic heterocycles. The smallest absolute Gasteiger partial charge is 0.0653 e. The van der Waals surface area contributed by atoms with Gasteiger partial charge in [-0.1, -0.05) is 0 Å². The first-order valence-electron chi connectivity index (χ1n) is 3.64. The molecule has 0 atom stereocenters. The first-order valence-corrected chi connectivity index (χ1v) is 4.58. The molecule has 1 heterocycles. The number of aliphatic hydroxyl groups excluding tert-OH is 3. The summed E-state index contributed by atoms with van der Waals surface area (Å²) in [6.07, 6.45) is 0. The topological polar surface area (TPSA) is 60.7 Å². The average molecular weight is 188 g/mol. The lowest BCUT2D eigenvalue weighted by Gasteiger charge is -2.26. The van der Waals surface area contributed by atoms with Crippen LogP contribution in [-0.2, 0) is 5.41 Å². The van der Waals surface area contributed by atoms with Gasteiger partial charge in [-0.15, -0.1) is 0 Å². The third-order valence-corrected chi connectivity index (χ3v) is 2.72. The van der Waals surface area contributed by atoms with Gasteiger partial charge in [0.15, 0.2) is 0 Å². The van der Waals surface area contributed by atoms with Gasteiger partial charge in [-0.3, -0.25) is 0 Å². The fourth-order valence-electron chi connectivity index (χ4n) is 0.990. The molecule has 3 nitrogen and oxygen atoms in total. The fourth-order valence-corrected chi connectivity index (χ4v) is 1.77. The Morgan fingerprint density at radius 2 is 1.75 bits per heavy atom. The van der Waals surface area contributed by atoms with Crippen LogP contribution in [0.3, 0.4) is 0 Å². The van der Waals surface area contributed by atoms with Crippen LogP contribution in [0.25, 0.3) is 0 Å². The Morgan fingerprint density at radius 1 is 1.17 bits per heavy atom. The maximum Gasteiger partial charge on any atom is 0.0653 e. The molecular formula is C8H12O3S. The van der Waals surface area contributed by atoms with Crippen LogP contribution in [0, 0.1) is 0 Å². The highest BCUT2D eigenvalue weighted by Crippen LogP contribution is 2.24. The quantitative estimate of drug-likeness (QED) is 0.621. The van der Waals surface area contributed by atoms with E-state index in [0.29, 0.717) is 0 Å². The first kappa shape index (κ1) is 9.67. The zero-order chi connectivity index (χ0) is 9.03. The predicted octanol–water partition coefficient (Wildman–Crippen LogP) is -0.0372. The lowest BCUT2D eigenvalue weighted by Crippen LogP contribution is -2.38. The molecule has 0 bridgehead atoms. The first-order chi connectivity index (χ1) is 5.79. The van der Waals surface area contributed by atoms with E-state index >= 15 is 0 Å². The van der Waals surface area contributed by atoms with Crippen molar-refractivity contribution in [3.05, 3.63) is 22.4 Å². The van der Waals surface area contributed by atoms with Crippen molar-refractivity contribution in [2.75, 3.05) is 19.8 Å². The molecule has 0 aromatic carbocycles. The molecule has 1 aromatic heterocycles. The standard InChI is InChI=1S/C8H12O3S/c9-4-8(5-10,6-11)7-1-2-12-3-7/h1-3,9-11H,4-6H2. The maximum absolute atomic E-state index is 9.03. The number of aliphatic hydroxyl groups is 3. The highest BCUT2D eigenvalue weighted by atomic mass is 32.1. The lowest BCUT2D eigenvalue weighted by molar-refractivity contribution is 0.0644. The van der Waals surface area contributed by atoms with E-state index in [1.54, 1.807) is 6.07 Å². The van der Waals surface area contributed by atoms with Crippen molar-refractivity contribution in [2.24, 2.45) is 0 Å². The Labute approximate surface area is 74.9 Å². The van der Waals surface area contributed by atoms with E-state index in [1.165, 1.54) is 11.3 Å². The van der Waals surface area contributed by atoms with Gasteiger partial charge in [-0.2, -0.15) is 11.3 Å². The Hall–Kier alpha value is -0.420. The summed E-state index contributed by atoms with van der Waals surface area (Å²) >= 11 is 1.48. The molecule has 0 radical (unpaired) electrons. The third-order valence-electron chi connectivity index (χ3n) is 2.04. The molecule has 4 heteroatoms. The molecule has 0 aliphatic carbocycles. The minimum atomic E-state index is -0.875. The molecule has 0 fully saturated rings. The number of thiophene rings is 1. The zero-order valence-corrected chi connectivity index (χ0v) is 7.42. The normalized spacial score (nSPS) is 11.9. The molecule has 0 unspecified atom stereocenters. The summed E-state index contributed by atoms with van der Waals surface area (Å²) in [5, 5.41) is 30.8. The second-order valence-corrected chi connectivity index (χ2v) is 3.55. The van der Waals surface area contributed by atoms with Crippen LogP contribution >= 0.6 is 11.3 Å². The predicted molar refractivity (Wildman–Crippen MR) is 47.3 cm³/mol. The van der Waals surface area contributed by atoms with Crippen LogP contribution in [0.4, 0.5) is 0 Å². The summed E-state index contributed by atoms with van der Waals surface area (Å²) < 4.78 is 0. The summed E-state index contributed by atoms with van der Waals surface area (Å²) in [5.74, 6) is 0. The Morgan fingerprint density at radius 3 is 2.08 bits per heavy atom. The van der Waals surface area contributed by atoms with Crippen molar-refractivity contribution < 1.29 is 15.3 Å². The maximum atomic E-state index is 9.03. The second-order valence-electron chi connectivity index (χ2n) is 2.77. The van der Waals surface area contributed by atoms with Crippen LogP contribution in [0.2, 0.25) is 0 Å². The van der Waals surface area contributed by atoms with Crippen LogP contribution in [0.5, 0.6) is 0 Å². The van der Waals surface area contributed by atoms with Crippen LogP contribution < -0.4 is 0 Å². The molecule has 0 amide bonds. The van der Waals surface area contributed by atoms with E-state index in [2.05, 4.69) is 0 Å². The van der Waals surface area contributed by atoms with Crippen LogP contribution in [0.15, 0.2) is 16.8 Å². The van der Waals surface area contributed by atoms with Crippen LogP contribution in [0.1, 0.15) is 5.56 Å². The molecule has 12 heavy (non-hydrogen) atoms. The van der Waals surface area contributed by atoms with E-state index in [-0.39, 0.29) is 19.8 Å². The van der Waals surface area contributed by atoms with Crippen LogP contribution in [-0.4, -0.2) is 35.1 Å². The number of rotatable bonds is 4. The summed E-state index contributed by atoms with van der Waals surface area (Å²) in [7, 11) is 0. The van der Waals surface area contributed by atoms with E-state index < -0.39 is 5.41 Å². The monoisotopic (exact) mass is 188 g/mol. The van der Waals surface area contributed by atoms with E-state index in [4.69, 9.17) is 15.3 Å².